The zero-order chi connectivity index (χ0) is 25.3. The van der Waals surface area contributed by atoms with Gasteiger partial charge in [-0.05, 0) is 73.6 Å². The van der Waals surface area contributed by atoms with E-state index in [1.807, 2.05) is 0 Å². The van der Waals surface area contributed by atoms with Crippen LogP contribution < -0.4 is 0 Å². The maximum atomic E-state index is 11.7. The number of hydrogen-bond acceptors (Lipinski definition) is 5. The van der Waals surface area contributed by atoms with Crippen LogP contribution in [0, 0.1) is 5.41 Å². The highest BCUT2D eigenvalue weighted by atomic mass is 31.2. The first kappa shape index (κ1) is 32.5. The number of hydrogen-bond donors (Lipinski definition) is 5. The van der Waals surface area contributed by atoms with Crippen molar-refractivity contribution >= 4 is 8.60 Å². The van der Waals surface area contributed by atoms with Crippen LogP contribution in [0.4, 0.5) is 0 Å². The molecule has 5 nitrogen and oxygen atoms in total. The van der Waals surface area contributed by atoms with E-state index in [-0.39, 0.29) is 6.61 Å². The Kier molecular flexibility index (Phi) is 18.4. The fourth-order valence-corrected chi connectivity index (χ4v) is 4.49. The van der Waals surface area contributed by atoms with Gasteiger partial charge in [0.2, 0.25) is 0 Å². The highest BCUT2D eigenvalue weighted by Gasteiger charge is 2.38. The molecule has 0 spiro atoms. The van der Waals surface area contributed by atoms with E-state index in [2.05, 4.69) is 46.8 Å². The molecule has 5 N–H and O–H groups in total. The molecule has 6 heteroatoms. The van der Waals surface area contributed by atoms with Crippen molar-refractivity contribution in [2.24, 2.45) is 5.41 Å². The number of unbranched alkanes of at least 4 members (excludes halogenated alkanes) is 4. The average molecular weight is 487 g/mol. The molecule has 0 saturated heterocycles. The molecule has 194 valence electrons. The predicted molar refractivity (Wildman–Crippen MR) is 140 cm³/mol. The molecule has 1 aromatic rings. The molecule has 0 aliphatic carbocycles. The topological polar surface area (TPSA) is 101 Å². The second-order valence-corrected chi connectivity index (χ2v) is 9.82. The molecule has 0 aliphatic rings. The smallest absolute Gasteiger partial charge is 0.324 e. The van der Waals surface area contributed by atoms with Crippen LogP contribution in [0.25, 0.3) is 0 Å². The van der Waals surface area contributed by atoms with Gasteiger partial charge in [-0.15, -0.1) is 0 Å². The minimum absolute atomic E-state index is 0.0582. The van der Waals surface area contributed by atoms with Crippen LogP contribution in [0.2, 0.25) is 0 Å². The van der Waals surface area contributed by atoms with Crippen molar-refractivity contribution < 1.29 is 24.9 Å². The van der Waals surface area contributed by atoms with Crippen LogP contribution in [0.5, 0.6) is 0 Å². The molecule has 2 unspecified atom stereocenters. The summed E-state index contributed by atoms with van der Waals surface area (Å²) in [6.07, 6.45) is 13.5. The van der Waals surface area contributed by atoms with Gasteiger partial charge in [-0.25, -0.2) is 0 Å². The highest BCUT2D eigenvalue weighted by Crippen LogP contribution is 2.44. The van der Waals surface area contributed by atoms with Gasteiger partial charge < -0.3 is 24.9 Å². The third kappa shape index (κ3) is 11.6. The lowest BCUT2D eigenvalue weighted by atomic mass is 9.71. The third-order valence-corrected chi connectivity index (χ3v) is 6.73. The van der Waals surface area contributed by atoms with E-state index in [1.54, 1.807) is 0 Å². The van der Waals surface area contributed by atoms with Crippen molar-refractivity contribution in [2.75, 3.05) is 6.61 Å². The van der Waals surface area contributed by atoms with E-state index < -0.39 is 20.1 Å². The molecule has 0 aliphatic heterocycles. The number of aliphatic hydroxyl groups excluding tert-OH is 2. The van der Waals surface area contributed by atoms with Gasteiger partial charge in [-0.2, -0.15) is 0 Å². The molecule has 0 fully saturated rings. The van der Waals surface area contributed by atoms with Gasteiger partial charge >= 0.3 is 8.60 Å². The lowest BCUT2D eigenvalue weighted by Gasteiger charge is -2.38. The largest absolute Gasteiger partial charge is 0.396 e. The Morgan fingerprint density at radius 2 is 1.18 bits per heavy atom. The predicted octanol–water partition coefficient (Wildman–Crippen LogP) is 6.52. The standard InChI is InChI=1S/C27H48O2.H3O3P/c1-6-11-15-22-19-23(16-12-7-2)25(24(20-22)17-13-8-3)26(29)27(10-5,21-28)18-14-9-4;1-4(2)3/h19-20,26,28-29H,6-18,21H2,1-5H3;1-3H. The summed E-state index contributed by atoms with van der Waals surface area (Å²) in [4.78, 5) is 21.7. The Balaban J connectivity index is 0.00000235. The number of benzene rings is 1. The molecule has 33 heavy (non-hydrogen) atoms. The second kappa shape index (κ2) is 18.7. The Hall–Kier alpha value is -0.550. The summed E-state index contributed by atoms with van der Waals surface area (Å²) in [7, 11) is -2.62. The van der Waals surface area contributed by atoms with Crippen LogP contribution in [-0.2, 0) is 19.3 Å². The first-order valence-corrected chi connectivity index (χ1v) is 14.3. The Labute approximate surface area is 204 Å². The van der Waals surface area contributed by atoms with E-state index in [0.717, 1.165) is 76.2 Å². The van der Waals surface area contributed by atoms with Crippen molar-refractivity contribution in [2.45, 2.75) is 124 Å². The summed E-state index contributed by atoms with van der Waals surface area (Å²) < 4.78 is 0. The molecule has 0 radical (unpaired) electrons. The molecule has 1 rings (SSSR count). The summed E-state index contributed by atoms with van der Waals surface area (Å²) >= 11 is 0. The van der Waals surface area contributed by atoms with Crippen LogP contribution in [0.15, 0.2) is 12.1 Å². The molecule has 0 saturated carbocycles. The van der Waals surface area contributed by atoms with E-state index >= 15 is 0 Å². The van der Waals surface area contributed by atoms with Crippen molar-refractivity contribution in [1.82, 2.24) is 0 Å². The van der Waals surface area contributed by atoms with Crippen LogP contribution >= 0.6 is 8.60 Å². The zero-order valence-corrected chi connectivity index (χ0v) is 22.7. The lowest BCUT2D eigenvalue weighted by Crippen LogP contribution is -2.34. The van der Waals surface area contributed by atoms with E-state index in [4.69, 9.17) is 14.7 Å². The van der Waals surface area contributed by atoms with Crippen molar-refractivity contribution in [3.05, 3.63) is 34.4 Å². The summed E-state index contributed by atoms with van der Waals surface area (Å²) in [5.74, 6) is 0. The highest BCUT2D eigenvalue weighted by molar-refractivity contribution is 7.38. The van der Waals surface area contributed by atoms with Gasteiger partial charge in [0.05, 0.1) is 12.7 Å². The maximum Gasteiger partial charge on any atom is 0.324 e. The summed E-state index contributed by atoms with van der Waals surface area (Å²) in [5, 5.41) is 22.1. The van der Waals surface area contributed by atoms with Crippen molar-refractivity contribution in [3.8, 4) is 0 Å². The first-order valence-electron chi connectivity index (χ1n) is 13.1. The van der Waals surface area contributed by atoms with Crippen molar-refractivity contribution in [3.63, 3.8) is 0 Å². The normalized spacial score (nSPS) is 14.0. The van der Waals surface area contributed by atoms with E-state index in [1.165, 1.54) is 29.5 Å². The third-order valence-electron chi connectivity index (χ3n) is 6.73. The van der Waals surface area contributed by atoms with Gasteiger partial charge in [0, 0.05) is 5.41 Å². The number of aryl methyl sites for hydroxylation is 3. The van der Waals surface area contributed by atoms with Gasteiger partial charge in [-0.3, -0.25) is 0 Å². The summed E-state index contributed by atoms with van der Waals surface area (Å²) in [6.45, 7) is 11.1. The molecule has 0 bridgehead atoms. The van der Waals surface area contributed by atoms with E-state index in [0.29, 0.717) is 0 Å². The molecule has 0 heterocycles. The fraction of sp³-hybridized carbons (Fsp3) is 0.778. The lowest BCUT2D eigenvalue weighted by molar-refractivity contribution is -0.0312. The fourth-order valence-electron chi connectivity index (χ4n) is 4.49. The zero-order valence-electron chi connectivity index (χ0n) is 21.8. The monoisotopic (exact) mass is 486 g/mol. The van der Waals surface area contributed by atoms with Crippen molar-refractivity contribution in [1.29, 1.82) is 0 Å². The Morgan fingerprint density at radius 3 is 1.55 bits per heavy atom. The van der Waals surface area contributed by atoms with Gasteiger partial charge in [0.25, 0.3) is 0 Å². The van der Waals surface area contributed by atoms with Crippen LogP contribution in [0.3, 0.4) is 0 Å². The Bertz CT molecular complexity index is 585. The minimum atomic E-state index is -2.62. The van der Waals surface area contributed by atoms with Gasteiger partial charge in [-0.1, -0.05) is 78.9 Å². The molecular weight excluding hydrogens is 435 g/mol. The molecule has 0 aromatic heterocycles. The SMILES string of the molecule is CCCCc1cc(CCCC)c(C(O)C(CC)(CO)CCCC)c(CCCC)c1.OP(O)O. The van der Waals surface area contributed by atoms with E-state index in [9.17, 15) is 10.2 Å². The summed E-state index contributed by atoms with van der Waals surface area (Å²) in [5.41, 5.74) is 4.82. The first-order chi connectivity index (χ1) is 15.8. The molecule has 1 aromatic carbocycles. The van der Waals surface area contributed by atoms with Crippen LogP contribution in [-0.4, -0.2) is 31.5 Å². The van der Waals surface area contributed by atoms with Crippen LogP contribution in [0.1, 0.15) is 127 Å². The maximum absolute atomic E-state index is 11.7. The average Bonchev–Trinajstić information content (AvgIpc) is 2.80. The molecular formula is C27H51O5P. The van der Waals surface area contributed by atoms with Gasteiger partial charge in [0.15, 0.2) is 0 Å². The van der Waals surface area contributed by atoms with Gasteiger partial charge in [0.1, 0.15) is 0 Å². The quantitative estimate of drug-likeness (QED) is 0.171. The second-order valence-electron chi connectivity index (χ2n) is 9.29. The molecule has 2 atom stereocenters. The number of rotatable bonds is 16. The number of aliphatic hydroxyl groups is 2. The summed E-state index contributed by atoms with van der Waals surface area (Å²) in [6, 6.07) is 4.74. The Morgan fingerprint density at radius 1 is 0.758 bits per heavy atom. The molecule has 0 amide bonds. The minimum Gasteiger partial charge on any atom is -0.396 e.